The second kappa shape index (κ2) is 25.2. The molecule has 0 bridgehead atoms. The molecule has 2 spiro atoms. The molecule has 6 saturated carbocycles. The Morgan fingerprint density at radius 3 is 1.47 bits per heavy atom. The minimum atomic E-state index is -0.911. The summed E-state index contributed by atoms with van der Waals surface area (Å²) in [6.45, 7) is 6.25. The molecule has 6 atom stereocenters. The van der Waals surface area contributed by atoms with Gasteiger partial charge in [-0.15, -0.1) is 0 Å². The van der Waals surface area contributed by atoms with Crippen LogP contribution in [0.2, 0.25) is 0 Å². The Balaban J connectivity index is 0.000000153. The van der Waals surface area contributed by atoms with Gasteiger partial charge in [-0.05, 0) is 230 Å². The summed E-state index contributed by atoms with van der Waals surface area (Å²) in [5.74, 6) is 3.02. The second-order valence-electron chi connectivity index (χ2n) is 26.2. The van der Waals surface area contributed by atoms with Gasteiger partial charge in [0.15, 0.2) is 0 Å². The number of hydrogen-bond acceptors (Lipinski definition) is 8. The zero-order valence-corrected chi connectivity index (χ0v) is 48.0. The summed E-state index contributed by atoms with van der Waals surface area (Å²) in [4.78, 5) is 52.4. The van der Waals surface area contributed by atoms with Crippen molar-refractivity contribution in [1.29, 1.82) is 0 Å². The highest BCUT2D eigenvalue weighted by Crippen LogP contribution is 2.50. The van der Waals surface area contributed by atoms with Gasteiger partial charge in [0.2, 0.25) is 0 Å². The third-order valence-corrected chi connectivity index (χ3v) is 20.5. The van der Waals surface area contributed by atoms with Crippen LogP contribution in [0.3, 0.4) is 0 Å². The van der Waals surface area contributed by atoms with Crippen LogP contribution in [0.5, 0.6) is 11.5 Å². The van der Waals surface area contributed by atoms with Crippen molar-refractivity contribution in [3.05, 3.63) is 107 Å². The third kappa shape index (κ3) is 13.4. The Hall–Kier alpha value is -5.32. The molecule has 2 heterocycles. The molecule has 0 amide bonds. The Morgan fingerprint density at radius 2 is 1.03 bits per heavy atom. The van der Waals surface area contributed by atoms with Crippen molar-refractivity contribution < 1.29 is 38.9 Å². The summed E-state index contributed by atoms with van der Waals surface area (Å²) in [7, 11) is 4.25. The Labute approximate surface area is 471 Å². The lowest BCUT2D eigenvalue weighted by Crippen LogP contribution is -2.32. The molecule has 0 radical (unpaired) electrons. The average Bonchev–Trinajstić information content (AvgIpc) is 4.38. The van der Waals surface area contributed by atoms with Crippen LogP contribution in [0.4, 0.5) is 0 Å². The number of likely N-dealkylation sites (tertiary alicyclic amines) is 2. The number of likely N-dealkylation sites (N-methyl/N-ethyl adjacent to an activating group) is 2. The monoisotopic (exact) mass is 1070 g/mol. The number of benzene rings is 4. The van der Waals surface area contributed by atoms with Gasteiger partial charge in [-0.3, -0.25) is 19.4 Å². The molecule has 10 heteroatoms. The lowest BCUT2D eigenvalue weighted by molar-refractivity contribution is -0.123. The first-order valence-corrected chi connectivity index (χ1v) is 30.9. The summed E-state index contributed by atoms with van der Waals surface area (Å²) in [6, 6.07) is 27.8. The first-order chi connectivity index (χ1) is 38.1. The number of carboxylic acid groups (broad SMARTS) is 2. The van der Waals surface area contributed by atoms with E-state index < -0.39 is 11.9 Å². The SMILES string of the molecule is CC(=O)[C@H]1CC2(CCCC2)CN1C.CN1CC2(CCCC2)C[C@H]1C(=O)CCC[C@@H]1CC[C@@H](Oc2ccc(C(=O)O)cc2-c2ccccc2C2CCC2)C1.C[C@@H]1CC[C@@H](Oc2ccc(C(=O)O)cc2-c2ccccc2C2CCC2)C1. The molecule has 0 aromatic heterocycles. The molecule has 10 nitrogen and oxygen atoms in total. The minimum absolute atomic E-state index is 0.132. The van der Waals surface area contributed by atoms with Gasteiger partial charge in [-0.25, -0.2) is 9.59 Å². The van der Waals surface area contributed by atoms with Crippen molar-refractivity contribution in [2.75, 3.05) is 27.2 Å². The molecule has 0 unspecified atom stereocenters. The van der Waals surface area contributed by atoms with E-state index in [1.54, 1.807) is 31.2 Å². The Bertz CT molecular complexity index is 2780. The van der Waals surface area contributed by atoms with Gasteiger partial charge < -0.3 is 19.7 Å². The molecule has 8 fully saturated rings. The van der Waals surface area contributed by atoms with Crippen LogP contribution in [-0.2, 0) is 9.59 Å². The van der Waals surface area contributed by atoms with E-state index >= 15 is 0 Å². The third-order valence-electron chi connectivity index (χ3n) is 20.5. The van der Waals surface area contributed by atoms with E-state index in [9.17, 15) is 29.4 Å². The minimum Gasteiger partial charge on any atom is -0.490 e. The number of rotatable bonds is 16. The topological polar surface area (TPSA) is 134 Å². The molecule has 79 heavy (non-hydrogen) atoms. The highest BCUT2D eigenvalue weighted by Gasteiger charge is 2.47. The Kier molecular flexibility index (Phi) is 18.2. The number of ketones is 2. The van der Waals surface area contributed by atoms with Gasteiger partial charge >= 0.3 is 11.9 Å². The number of nitrogens with zero attached hydrogens (tertiary/aromatic N) is 2. The molecule has 12 rings (SSSR count). The molecular formula is C69H90N2O8. The van der Waals surface area contributed by atoms with Crippen molar-refractivity contribution in [3.8, 4) is 33.8 Å². The zero-order chi connectivity index (χ0) is 55.3. The van der Waals surface area contributed by atoms with Crippen LogP contribution >= 0.6 is 0 Å². The maximum Gasteiger partial charge on any atom is 0.335 e. The predicted molar refractivity (Wildman–Crippen MR) is 313 cm³/mol. The zero-order valence-electron chi connectivity index (χ0n) is 48.0. The number of Topliss-reactive ketones (excluding diaryl/α,β-unsaturated/α-hetero) is 2. The summed E-state index contributed by atoms with van der Waals surface area (Å²) in [5, 5.41) is 19.2. The van der Waals surface area contributed by atoms with E-state index in [1.165, 1.54) is 107 Å². The summed E-state index contributed by atoms with van der Waals surface area (Å²) < 4.78 is 13.0. The number of hydrogen-bond donors (Lipinski definition) is 2. The van der Waals surface area contributed by atoms with E-state index in [0.29, 0.717) is 63.6 Å². The normalized spacial score (nSPS) is 26.2. The lowest BCUT2D eigenvalue weighted by atomic mass is 9.77. The number of carboxylic acids is 2. The first-order valence-electron chi connectivity index (χ1n) is 30.9. The fourth-order valence-corrected chi connectivity index (χ4v) is 15.7. The first kappa shape index (κ1) is 56.9. The molecule has 2 N–H and O–H groups in total. The second-order valence-corrected chi connectivity index (χ2v) is 26.2. The maximum atomic E-state index is 13.1. The van der Waals surface area contributed by atoms with E-state index in [0.717, 1.165) is 105 Å². The van der Waals surface area contributed by atoms with E-state index in [4.69, 9.17) is 9.47 Å². The standard InChI is InChI=1S/C35H45NO4.C23H26O3.C11H19NO/c1-36-23-35(18-4-5-19-35)22-31(36)32(37)13-6-8-24-14-16-27(20-24)40-33-17-15-26(34(38)39)21-30(33)29-12-3-2-11-28(29)25-9-7-10-25;1-15-9-11-18(13-15)26-22-12-10-17(23(24)25)14-21(22)20-8-3-2-7-19(20)16-5-4-6-16;1-9(13)10-7-11(8-12(10)2)5-3-4-6-11/h2-3,11-12,15,17,21,24-25,27,31H,4-10,13-14,16,18-20,22-23H2,1H3,(H,38,39);2-3,7-8,10,12,14-16,18H,4-6,9,11,13H2,1H3,(H,24,25);10H,3-8H2,1-2H3/t24-,27-,31+;15-,18-;10-/m111/s1. The molecule has 6 aliphatic carbocycles. The van der Waals surface area contributed by atoms with Gasteiger partial charge in [0.25, 0.3) is 0 Å². The molecule has 424 valence electrons. The fraction of sp³-hybridized carbons (Fsp3) is 0.594. The van der Waals surface area contributed by atoms with Crippen LogP contribution in [0, 0.1) is 22.7 Å². The molecule has 2 saturated heterocycles. The number of aromatic carboxylic acids is 2. The van der Waals surface area contributed by atoms with E-state index in [-0.39, 0.29) is 24.3 Å². The summed E-state index contributed by atoms with van der Waals surface area (Å²) in [6.07, 6.45) is 29.9. The molecule has 8 aliphatic rings. The smallest absolute Gasteiger partial charge is 0.335 e. The van der Waals surface area contributed by atoms with Crippen molar-refractivity contribution >= 4 is 23.5 Å². The highest BCUT2D eigenvalue weighted by molar-refractivity contribution is 5.92. The molecule has 4 aromatic rings. The number of carbonyl (C=O) groups excluding carboxylic acids is 2. The van der Waals surface area contributed by atoms with Crippen molar-refractivity contribution in [2.24, 2.45) is 22.7 Å². The van der Waals surface area contributed by atoms with Gasteiger partial charge in [-0.1, -0.05) is 94.0 Å². The predicted octanol–water partition coefficient (Wildman–Crippen LogP) is 15.6. The number of ether oxygens (including phenoxy) is 2. The quantitative estimate of drug-likeness (QED) is 0.112. The largest absolute Gasteiger partial charge is 0.490 e. The average molecular weight is 1080 g/mol. The van der Waals surface area contributed by atoms with Gasteiger partial charge in [0, 0.05) is 30.6 Å². The Morgan fingerprint density at radius 1 is 0.557 bits per heavy atom. The molecule has 4 aromatic carbocycles. The van der Waals surface area contributed by atoms with Crippen molar-refractivity contribution in [2.45, 2.75) is 210 Å². The van der Waals surface area contributed by atoms with Gasteiger partial charge in [0.05, 0.1) is 35.4 Å². The maximum absolute atomic E-state index is 13.1. The molecular weight excluding hydrogens is 985 g/mol. The summed E-state index contributed by atoms with van der Waals surface area (Å²) in [5.41, 5.74) is 8.24. The molecule has 2 aliphatic heterocycles. The van der Waals surface area contributed by atoms with Crippen LogP contribution in [0.1, 0.15) is 218 Å². The fourth-order valence-electron chi connectivity index (χ4n) is 15.7. The van der Waals surface area contributed by atoms with Crippen molar-refractivity contribution in [1.82, 2.24) is 9.80 Å². The van der Waals surface area contributed by atoms with E-state index in [1.807, 2.05) is 24.3 Å². The van der Waals surface area contributed by atoms with Crippen LogP contribution in [-0.4, -0.2) is 95.0 Å². The highest BCUT2D eigenvalue weighted by atomic mass is 16.5. The van der Waals surface area contributed by atoms with Crippen LogP contribution in [0.15, 0.2) is 84.9 Å². The van der Waals surface area contributed by atoms with Crippen molar-refractivity contribution in [3.63, 3.8) is 0 Å². The number of carbonyl (C=O) groups is 4. The summed E-state index contributed by atoms with van der Waals surface area (Å²) >= 11 is 0. The van der Waals surface area contributed by atoms with Gasteiger partial charge in [0.1, 0.15) is 23.1 Å². The van der Waals surface area contributed by atoms with Crippen LogP contribution < -0.4 is 9.47 Å². The van der Waals surface area contributed by atoms with Gasteiger partial charge in [-0.2, -0.15) is 0 Å². The van der Waals surface area contributed by atoms with Crippen LogP contribution in [0.25, 0.3) is 22.3 Å². The lowest BCUT2D eigenvalue weighted by Gasteiger charge is -2.28. The van der Waals surface area contributed by atoms with E-state index in [2.05, 4.69) is 67.2 Å².